The molecule has 0 aliphatic heterocycles. The van der Waals surface area contributed by atoms with Crippen LogP contribution in [-0.2, 0) is 15.0 Å². The topological polar surface area (TPSA) is 80.6 Å². The lowest BCUT2D eigenvalue weighted by atomic mass is 9.69. The summed E-state index contributed by atoms with van der Waals surface area (Å²) in [6.45, 7) is 0.910. The molecule has 1 saturated carbocycles. The maximum Gasteiger partial charge on any atom is 0.244 e. The SMILES string of the molecule is COc1ccc(C2(CNC(=O)CCNC(=O)C=Cc3ccco3)CCCCC2)cc1. The van der Waals surface area contributed by atoms with E-state index < -0.39 is 0 Å². The Balaban J connectivity index is 1.47. The fourth-order valence-electron chi connectivity index (χ4n) is 4.00. The maximum atomic E-state index is 12.4. The van der Waals surface area contributed by atoms with Gasteiger partial charge >= 0.3 is 0 Å². The Morgan fingerprint density at radius 1 is 1.10 bits per heavy atom. The number of benzene rings is 1. The Bertz CT molecular complexity index is 835. The molecule has 1 fully saturated rings. The van der Waals surface area contributed by atoms with E-state index in [2.05, 4.69) is 22.8 Å². The van der Waals surface area contributed by atoms with Gasteiger partial charge in [0.25, 0.3) is 0 Å². The highest BCUT2D eigenvalue weighted by Gasteiger charge is 2.34. The van der Waals surface area contributed by atoms with Gasteiger partial charge in [0.15, 0.2) is 0 Å². The first-order chi connectivity index (χ1) is 14.6. The smallest absolute Gasteiger partial charge is 0.244 e. The van der Waals surface area contributed by atoms with Gasteiger partial charge < -0.3 is 19.8 Å². The minimum Gasteiger partial charge on any atom is -0.497 e. The minimum atomic E-state index is -0.249. The lowest BCUT2D eigenvalue weighted by molar-refractivity contribution is -0.121. The monoisotopic (exact) mass is 410 g/mol. The van der Waals surface area contributed by atoms with Crippen molar-refractivity contribution in [2.45, 2.75) is 43.9 Å². The molecule has 30 heavy (non-hydrogen) atoms. The van der Waals surface area contributed by atoms with Gasteiger partial charge in [0.05, 0.1) is 13.4 Å². The molecular weight excluding hydrogens is 380 g/mol. The highest BCUT2D eigenvalue weighted by atomic mass is 16.5. The molecular formula is C24H30N2O4. The first-order valence-corrected chi connectivity index (χ1v) is 10.5. The van der Waals surface area contributed by atoms with Crippen molar-refractivity contribution in [3.05, 3.63) is 60.1 Å². The average Bonchev–Trinajstić information content (AvgIpc) is 3.31. The molecule has 0 unspecified atom stereocenters. The molecule has 2 aromatic rings. The zero-order valence-electron chi connectivity index (χ0n) is 17.5. The number of methoxy groups -OCH3 is 1. The third kappa shape index (κ3) is 5.99. The number of rotatable bonds is 9. The molecule has 3 rings (SSSR count). The number of carbonyl (C=O) groups is 2. The molecule has 6 heteroatoms. The summed E-state index contributed by atoms with van der Waals surface area (Å²) in [6, 6.07) is 11.7. The predicted octanol–water partition coefficient (Wildman–Crippen LogP) is 3.83. The summed E-state index contributed by atoms with van der Waals surface area (Å²) in [4.78, 5) is 24.2. The maximum absolute atomic E-state index is 12.4. The summed E-state index contributed by atoms with van der Waals surface area (Å²) in [7, 11) is 1.66. The van der Waals surface area contributed by atoms with Crippen LogP contribution in [0.2, 0.25) is 0 Å². The van der Waals surface area contributed by atoms with Crippen molar-refractivity contribution >= 4 is 17.9 Å². The number of nitrogens with one attached hydrogen (secondary N) is 2. The highest BCUT2D eigenvalue weighted by Crippen LogP contribution is 2.39. The van der Waals surface area contributed by atoms with Crippen LogP contribution in [0.3, 0.4) is 0 Å². The standard InChI is InChI=1S/C24H30N2O4/c1-29-20-9-7-19(8-10-20)24(14-3-2-4-15-24)18-26-23(28)13-16-25-22(27)12-11-21-6-5-17-30-21/h5-12,17H,2-4,13-16,18H2,1H3,(H,25,27)(H,26,28). The summed E-state index contributed by atoms with van der Waals surface area (Å²) in [5.41, 5.74) is 1.22. The summed E-state index contributed by atoms with van der Waals surface area (Å²) >= 11 is 0. The van der Waals surface area contributed by atoms with Gasteiger partial charge in [-0.05, 0) is 48.7 Å². The molecule has 6 nitrogen and oxygen atoms in total. The van der Waals surface area contributed by atoms with E-state index >= 15 is 0 Å². The molecule has 1 aromatic carbocycles. The molecule has 1 aliphatic carbocycles. The fourth-order valence-corrected chi connectivity index (χ4v) is 4.00. The van der Waals surface area contributed by atoms with Crippen molar-refractivity contribution in [3.63, 3.8) is 0 Å². The van der Waals surface area contributed by atoms with E-state index in [9.17, 15) is 9.59 Å². The molecule has 160 valence electrons. The molecule has 1 heterocycles. The molecule has 1 aromatic heterocycles. The molecule has 0 saturated heterocycles. The van der Waals surface area contributed by atoms with E-state index in [1.807, 2.05) is 12.1 Å². The van der Waals surface area contributed by atoms with Crippen LogP contribution >= 0.6 is 0 Å². The Kier molecular flexibility index (Phi) is 7.71. The van der Waals surface area contributed by atoms with E-state index in [1.54, 1.807) is 31.6 Å². The Morgan fingerprint density at radius 3 is 2.53 bits per heavy atom. The number of hydrogen-bond acceptors (Lipinski definition) is 4. The van der Waals surface area contributed by atoms with Crippen LogP contribution < -0.4 is 15.4 Å². The largest absolute Gasteiger partial charge is 0.497 e. The number of furan rings is 1. The Morgan fingerprint density at radius 2 is 1.87 bits per heavy atom. The lowest BCUT2D eigenvalue weighted by Gasteiger charge is -2.38. The molecule has 2 N–H and O–H groups in total. The molecule has 1 aliphatic rings. The van der Waals surface area contributed by atoms with Gasteiger partial charge in [-0.25, -0.2) is 0 Å². The average molecular weight is 411 g/mol. The third-order valence-corrected chi connectivity index (χ3v) is 5.73. The number of ether oxygens (including phenoxy) is 1. The number of carbonyl (C=O) groups excluding carboxylic acids is 2. The normalized spacial score (nSPS) is 15.6. The third-order valence-electron chi connectivity index (χ3n) is 5.73. The van der Waals surface area contributed by atoms with Gasteiger partial charge in [-0.3, -0.25) is 9.59 Å². The van der Waals surface area contributed by atoms with Crippen LogP contribution in [0.1, 0.15) is 49.8 Å². The summed E-state index contributed by atoms with van der Waals surface area (Å²) in [6.07, 6.45) is 10.5. The number of hydrogen-bond donors (Lipinski definition) is 2. The second kappa shape index (κ2) is 10.7. The van der Waals surface area contributed by atoms with Crippen LogP contribution in [0.15, 0.2) is 53.2 Å². The van der Waals surface area contributed by atoms with Gasteiger partial charge in [-0.15, -0.1) is 0 Å². The van der Waals surface area contributed by atoms with Crippen LogP contribution in [-0.4, -0.2) is 32.0 Å². The van der Waals surface area contributed by atoms with E-state index in [0.29, 0.717) is 18.8 Å². The van der Waals surface area contributed by atoms with Crippen LogP contribution in [0, 0.1) is 0 Å². The second-order valence-electron chi connectivity index (χ2n) is 7.74. The summed E-state index contributed by atoms with van der Waals surface area (Å²) in [5.74, 6) is 1.15. The minimum absolute atomic E-state index is 0.0325. The predicted molar refractivity (Wildman–Crippen MR) is 116 cm³/mol. The zero-order chi connectivity index (χ0) is 21.2. The van der Waals surface area contributed by atoms with E-state index in [4.69, 9.17) is 9.15 Å². The van der Waals surface area contributed by atoms with Crippen LogP contribution in [0.5, 0.6) is 5.75 Å². The van der Waals surface area contributed by atoms with E-state index in [1.165, 1.54) is 30.9 Å². The van der Waals surface area contributed by atoms with Crippen molar-refractivity contribution < 1.29 is 18.7 Å². The van der Waals surface area contributed by atoms with Gasteiger partial charge in [0.1, 0.15) is 11.5 Å². The van der Waals surface area contributed by atoms with Crippen molar-refractivity contribution in [2.75, 3.05) is 20.2 Å². The number of amides is 2. The fraction of sp³-hybridized carbons (Fsp3) is 0.417. The molecule has 0 bridgehead atoms. The van der Waals surface area contributed by atoms with Gasteiger partial charge in [-0.1, -0.05) is 31.4 Å². The van der Waals surface area contributed by atoms with Crippen molar-refractivity contribution in [2.24, 2.45) is 0 Å². The molecule has 2 amide bonds. The highest BCUT2D eigenvalue weighted by molar-refractivity contribution is 5.91. The molecule has 0 atom stereocenters. The first-order valence-electron chi connectivity index (χ1n) is 10.5. The lowest BCUT2D eigenvalue weighted by Crippen LogP contribution is -2.42. The van der Waals surface area contributed by atoms with E-state index in [0.717, 1.165) is 18.6 Å². The Hall–Kier alpha value is -3.02. The van der Waals surface area contributed by atoms with Crippen molar-refractivity contribution in [1.82, 2.24) is 10.6 Å². The summed E-state index contributed by atoms with van der Waals surface area (Å²) in [5, 5.41) is 5.82. The zero-order valence-corrected chi connectivity index (χ0v) is 17.5. The summed E-state index contributed by atoms with van der Waals surface area (Å²) < 4.78 is 10.4. The second-order valence-corrected chi connectivity index (χ2v) is 7.74. The Labute approximate surface area is 177 Å². The van der Waals surface area contributed by atoms with Gasteiger partial charge in [0, 0.05) is 31.0 Å². The first kappa shape index (κ1) is 21.7. The van der Waals surface area contributed by atoms with E-state index in [-0.39, 0.29) is 23.7 Å². The van der Waals surface area contributed by atoms with Gasteiger partial charge in [-0.2, -0.15) is 0 Å². The molecule has 0 radical (unpaired) electrons. The van der Waals surface area contributed by atoms with Crippen LogP contribution in [0.4, 0.5) is 0 Å². The van der Waals surface area contributed by atoms with Crippen molar-refractivity contribution in [3.8, 4) is 5.75 Å². The van der Waals surface area contributed by atoms with Crippen molar-refractivity contribution in [1.29, 1.82) is 0 Å². The quantitative estimate of drug-likeness (QED) is 0.616. The van der Waals surface area contributed by atoms with Gasteiger partial charge in [0.2, 0.25) is 11.8 Å². The van der Waals surface area contributed by atoms with Crippen LogP contribution in [0.25, 0.3) is 6.08 Å². The molecule has 0 spiro atoms.